The minimum absolute atomic E-state index is 0.0131. The number of carbonyl (C=O) groups is 3. The molecule has 2 aromatic rings. The number of benzene rings is 1. The standard InChI is InChI=1S/C21H23N3O3/c1-12-7-8-13(2)18(9-12)24-14(3)10-16(15(24)4)11-17-19(25)22(5)21(27)23(6)20(17)26/h7-11H,1-6H3. The zero-order chi connectivity index (χ0) is 20.0. The summed E-state index contributed by atoms with van der Waals surface area (Å²) in [5.74, 6) is -1.17. The highest BCUT2D eigenvalue weighted by Gasteiger charge is 2.38. The van der Waals surface area contributed by atoms with Crippen molar-refractivity contribution in [3.63, 3.8) is 0 Å². The van der Waals surface area contributed by atoms with E-state index in [1.165, 1.54) is 14.1 Å². The number of likely N-dealkylation sites (N-methyl/N-ethyl adjacent to an activating group) is 2. The van der Waals surface area contributed by atoms with E-state index in [0.717, 1.165) is 43.6 Å². The Bertz CT molecular complexity index is 988. The summed E-state index contributed by atoms with van der Waals surface area (Å²) in [7, 11) is 2.75. The van der Waals surface area contributed by atoms with Crippen molar-refractivity contribution in [2.24, 2.45) is 0 Å². The summed E-state index contributed by atoms with van der Waals surface area (Å²) >= 11 is 0. The van der Waals surface area contributed by atoms with E-state index in [0.29, 0.717) is 0 Å². The van der Waals surface area contributed by atoms with Crippen LogP contribution in [0.1, 0.15) is 28.1 Å². The van der Waals surface area contributed by atoms with Crippen LogP contribution in [0.4, 0.5) is 4.79 Å². The lowest BCUT2D eigenvalue weighted by Crippen LogP contribution is -2.52. The van der Waals surface area contributed by atoms with Crippen LogP contribution < -0.4 is 0 Å². The molecule has 0 spiro atoms. The van der Waals surface area contributed by atoms with Gasteiger partial charge in [-0.1, -0.05) is 12.1 Å². The molecule has 0 bridgehead atoms. The van der Waals surface area contributed by atoms with Gasteiger partial charge in [0.25, 0.3) is 11.8 Å². The maximum atomic E-state index is 12.5. The monoisotopic (exact) mass is 365 g/mol. The molecule has 0 unspecified atom stereocenters. The van der Waals surface area contributed by atoms with Crippen molar-refractivity contribution in [1.82, 2.24) is 14.4 Å². The van der Waals surface area contributed by atoms with Crippen LogP contribution in [0.5, 0.6) is 0 Å². The number of aryl methyl sites for hydroxylation is 3. The first-order valence-electron chi connectivity index (χ1n) is 8.71. The van der Waals surface area contributed by atoms with Crippen molar-refractivity contribution in [1.29, 1.82) is 0 Å². The number of amides is 4. The number of urea groups is 1. The van der Waals surface area contributed by atoms with Gasteiger partial charge in [-0.25, -0.2) is 4.79 Å². The normalized spacial score (nSPS) is 15.0. The first-order chi connectivity index (χ1) is 12.6. The summed E-state index contributed by atoms with van der Waals surface area (Å²) in [6.45, 7) is 8.04. The number of rotatable bonds is 2. The van der Waals surface area contributed by atoms with Crippen molar-refractivity contribution in [3.8, 4) is 5.69 Å². The van der Waals surface area contributed by atoms with Gasteiger partial charge in [0.05, 0.1) is 0 Å². The van der Waals surface area contributed by atoms with Gasteiger partial charge in [-0.2, -0.15) is 0 Å². The highest BCUT2D eigenvalue weighted by atomic mass is 16.2. The third-order valence-corrected chi connectivity index (χ3v) is 5.02. The quantitative estimate of drug-likeness (QED) is 0.607. The average Bonchev–Trinajstić information content (AvgIpc) is 2.91. The molecule has 1 fully saturated rings. The molecular formula is C21H23N3O3. The van der Waals surface area contributed by atoms with Crippen LogP contribution in [0.3, 0.4) is 0 Å². The van der Waals surface area contributed by atoms with Gasteiger partial charge < -0.3 is 4.57 Å². The molecule has 0 saturated carbocycles. The highest BCUT2D eigenvalue weighted by molar-refractivity contribution is 6.30. The Morgan fingerprint density at radius 1 is 0.852 bits per heavy atom. The zero-order valence-electron chi connectivity index (χ0n) is 16.5. The van der Waals surface area contributed by atoms with Crippen molar-refractivity contribution >= 4 is 23.9 Å². The molecule has 4 amide bonds. The molecule has 0 N–H and O–H groups in total. The summed E-state index contributed by atoms with van der Waals surface area (Å²) in [4.78, 5) is 38.7. The molecule has 1 saturated heterocycles. The number of barbiturate groups is 1. The van der Waals surface area contributed by atoms with Crippen LogP contribution in [0.2, 0.25) is 0 Å². The number of hydrogen-bond acceptors (Lipinski definition) is 3. The van der Waals surface area contributed by atoms with Gasteiger partial charge in [-0.05, 0) is 62.6 Å². The van der Waals surface area contributed by atoms with E-state index in [4.69, 9.17) is 0 Å². The van der Waals surface area contributed by atoms with E-state index in [1.54, 1.807) is 6.08 Å². The van der Waals surface area contributed by atoms with E-state index in [-0.39, 0.29) is 5.57 Å². The molecule has 6 heteroatoms. The van der Waals surface area contributed by atoms with Crippen LogP contribution >= 0.6 is 0 Å². The first-order valence-corrected chi connectivity index (χ1v) is 8.71. The van der Waals surface area contributed by atoms with Gasteiger partial charge in [-0.15, -0.1) is 0 Å². The Hall–Kier alpha value is -3.15. The lowest BCUT2D eigenvalue weighted by molar-refractivity contribution is -0.134. The molecule has 3 rings (SSSR count). The molecule has 2 heterocycles. The largest absolute Gasteiger partial charge is 0.333 e. The second kappa shape index (κ2) is 6.54. The summed E-state index contributed by atoms with van der Waals surface area (Å²) in [6.07, 6.45) is 1.58. The Labute approximate surface area is 158 Å². The zero-order valence-corrected chi connectivity index (χ0v) is 16.5. The number of imide groups is 2. The van der Waals surface area contributed by atoms with E-state index in [2.05, 4.69) is 29.7 Å². The molecule has 140 valence electrons. The molecule has 1 aliphatic rings. The fourth-order valence-electron chi connectivity index (χ4n) is 3.40. The van der Waals surface area contributed by atoms with Crippen LogP contribution in [-0.2, 0) is 9.59 Å². The summed E-state index contributed by atoms with van der Waals surface area (Å²) < 4.78 is 2.12. The molecular weight excluding hydrogens is 342 g/mol. The lowest BCUT2D eigenvalue weighted by atomic mass is 10.1. The predicted octanol–water partition coefficient (Wildman–Crippen LogP) is 3.14. The van der Waals surface area contributed by atoms with Crippen LogP contribution in [0, 0.1) is 27.7 Å². The highest BCUT2D eigenvalue weighted by Crippen LogP contribution is 2.27. The number of carbonyl (C=O) groups excluding carboxylic acids is 3. The second-order valence-corrected chi connectivity index (χ2v) is 7.02. The average molecular weight is 365 g/mol. The van der Waals surface area contributed by atoms with Crippen molar-refractivity contribution in [2.75, 3.05) is 14.1 Å². The Morgan fingerprint density at radius 2 is 1.44 bits per heavy atom. The maximum absolute atomic E-state index is 12.5. The number of aromatic nitrogens is 1. The van der Waals surface area contributed by atoms with E-state index >= 15 is 0 Å². The van der Waals surface area contributed by atoms with Gasteiger partial charge in [0.15, 0.2) is 0 Å². The SMILES string of the molecule is Cc1ccc(C)c(-n2c(C)cc(C=C3C(=O)N(C)C(=O)N(C)C3=O)c2C)c1. The molecule has 1 aliphatic heterocycles. The van der Waals surface area contributed by atoms with Gasteiger partial charge in [-0.3, -0.25) is 19.4 Å². The number of nitrogens with zero attached hydrogens (tertiary/aromatic N) is 3. The van der Waals surface area contributed by atoms with Crippen molar-refractivity contribution in [2.45, 2.75) is 27.7 Å². The third-order valence-electron chi connectivity index (χ3n) is 5.02. The minimum Gasteiger partial charge on any atom is -0.318 e. The lowest BCUT2D eigenvalue weighted by Gasteiger charge is -2.28. The van der Waals surface area contributed by atoms with E-state index < -0.39 is 17.8 Å². The van der Waals surface area contributed by atoms with Gasteiger partial charge >= 0.3 is 6.03 Å². The Balaban J connectivity index is 2.13. The molecule has 1 aromatic carbocycles. The molecule has 0 atom stereocenters. The van der Waals surface area contributed by atoms with Crippen LogP contribution in [0.25, 0.3) is 11.8 Å². The molecule has 0 radical (unpaired) electrons. The van der Waals surface area contributed by atoms with E-state index in [1.807, 2.05) is 26.8 Å². The Kier molecular flexibility index (Phi) is 4.51. The van der Waals surface area contributed by atoms with Crippen molar-refractivity contribution < 1.29 is 14.4 Å². The molecule has 6 nitrogen and oxygen atoms in total. The second-order valence-electron chi connectivity index (χ2n) is 7.02. The third kappa shape index (κ3) is 2.97. The van der Waals surface area contributed by atoms with Crippen LogP contribution in [-0.4, -0.2) is 46.3 Å². The van der Waals surface area contributed by atoms with Crippen molar-refractivity contribution in [3.05, 3.63) is 57.9 Å². The minimum atomic E-state index is -0.622. The predicted molar refractivity (Wildman–Crippen MR) is 104 cm³/mol. The summed E-state index contributed by atoms with van der Waals surface area (Å²) in [5, 5.41) is 0. The topological polar surface area (TPSA) is 62.6 Å². The molecule has 27 heavy (non-hydrogen) atoms. The fourth-order valence-corrected chi connectivity index (χ4v) is 3.40. The summed E-state index contributed by atoms with van der Waals surface area (Å²) in [5.41, 5.74) is 6.05. The van der Waals surface area contributed by atoms with Gasteiger partial charge in [0, 0.05) is 31.2 Å². The maximum Gasteiger partial charge on any atom is 0.333 e. The van der Waals surface area contributed by atoms with Crippen LogP contribution in [0.15, 0.2) is 29.8 Å². The molecule has 1 aromatic heterocycles. The van der Waals surface area contributed by atoms with Gasteiger partial charge in [0.1, 0.15) is 5.57 Å². The smallest absolute Gasteiger partial charge is 0.318 e. The Morgan fingerprint density at radius 3 is 2.04 bits per heavy atom. The summed E-state index contributed by atoms with van der Waals surface area (Å²) in [6, 6.07) is 7.58. The number of hydrogen-bond donors (Lipinski definition) is 0. The first kappa shape index (κ1) is 18.6. The molecule has 0 aliphatic carbocycles. The fraction of sp³-hybridized carbons (Fsp3) is 0.286. The van der Waals surface area contributed by atoms with Gasteiger partial charge in [0.2, 0.25) is 0 Å². The van der Waals surface area contributed by atoms with E-state index in [9.17, 15) is 14.4 Å².